The molecule has 1 saturated carbocycles. The van der Waals surface area contributed by atoms with E-state index in [-0.39, 0.29) is 11.8 Å². The molecule has 2 atom stereocenters. The summed E-state index contributed by atoms with van der Waals surface area (Å²) in [6, 6.07) is 10.3. The Labute approximate surface area is 125 Å². The van der Waals surface area contributed by atoms with E-state index in [1.807, 2.05) is 18.2 Å². The van der Waals surface area contributed by atoms with Crippen molar-refractivity contribution in [2.45, 2.75) is 32.1 Å². The van der Waals surface area contributed by atoms with Crippen molar-refractivity contribution < 1.29 is 14.7 Å². The molecule has 1 amide bonds. The van der Waals surface area contributed by atoms with Crippen LogP contribution in [-0.4, -0.2) is 35.5 Å². The molecule has 0 radical (unpaired) electrons. The summed E-state index contributed by atoms with van der Waals surface area (Å²) in [4.78, 5) is 24.8. The normalized spacial score (nSPS) is 20.6. The molecular formula is C17H23NO3. The molecule has 1 aromatic carbocycles. The van der Waals surface area contributed by atoms with E-state index in [9.17, 15) is 9.59 Å². The van der Waals surface area contributed by atoms with Crippen molar-refractivity contribution in [1.82, 2.24) is 4.90 Å². The molecule has 0 saturated heterocycles. The minimum atomic E-state index is -0.836. The number of carbonyl (C=O) groups excluding carboxylic acids is 1. The van der Waals surface area contributed by atoms with Gasteiger partial charge in [0.25, 0.3) is 0 Å². The average Bonchev–Trinajstić information content (AvgIpc) is 2.42. The first kappa shape index (κ1) is 15.5. The molecule has 114 valence electrons. The molecule has 4 heteroatoms. The summed E-state index contributed by atoms with van der Waals surface area (Å²) in [5.41, 5.74) is 1.32. The second-order valence-electron chi connectivity index (χ2n) is 5.83. The molecule has 2 unspecified atom stereocenters. The maximum absolute atomic E-state index is 12.2. The molecule has 4 nitrogen and oxygen atoms in total. The Bertz CT molecular complexity index is 486. The maximum Gasteiger partial charge on any atom is 0.307 e. The number of nitrogens with zero attached hydrogens (tertiary/aromatic N) is 1. The van der Waals surface area contributed by atoms with Crippen molar-refractivity contribution >= 4 is 11.9 Å². The fourth-order valence-electron chi connectivity index (χ4n) is 2.81. The Hall–Kier alpha value is -1.84. The van der Waals surface area contributed by atoms with Crippen molar-refractivity contribution in [2.24, 2.45) is 11.8 Å². The van der Waals surface area contributed by atoms with Crippen LogP contribution in [0, 0.1) is 11.8 Å². The standard InChI is InChI=1S/C17H23NO3/c1-18(16(19)14-10-11-15(14)17(20)21)12-6-5-9-13-7-3-2-4-8-13/h2-4,7-8,14-15H,5-6,9-12H2,1H3,(H,20,21). The van der Waals surface area contributed by atoms with Crippen LogP contribution in [0.1, 0.15) is 31.2 Å². The third kappa shape index (κ3) is 4.06. The maximum atomic E-state index is 12.2. The minimum Gasteiger partial charge on any atom is -0.481 e. The van der Waals surface area contributed by atoms with Gasteiger partial charge in [-0.1, -0.05) is 30.3 Å². The fourth-order valence-corrected chi connectivity index (χ4v) is 2.81. The molecular weight excluding hydrogens is 266 g/mol. The van der Waals surface area contributed by atoms with Crippen LogP contribution in [0.3, 0.4) is 0 Å². The van der Waals surface area contributed by atoms with Crippen molar-refractivity contribution in [2.75, 3.05) is 13.6 Å². The van der Waals surface area contributed by atoms with Crippen LogP contribution in [-0.2, 0) is 16.0 Å². The van der Waals surface area contributed by atoms with Gasteiger partial charge in [0.15, 0.2) is 0 Å². The van der Waals surface area contributed by atoms with Crippen LogP contribution < -0.4 is 0 Å². The van der Waals surface area contributed by atoms with Crippen LogP contribution in [0.2, 0.25) is 0 Å². The van der Waals surface area contributed by atoms with Crippen molar-refractivity contribution in [3.05, 3.63) is 35.9 Å². The molecule has 1 aromatic rings. The summed E-state index contributed by atoms with van der Waals surface area (Å²) < 4.78 is 0. The summed E-state index contributed by atoms with van der Waals surface area (Å²) in [7, 11) is 1.78. The van der Waals surface area contributed by atoms with Crippen LogP contribution >= 0.6 is 0 Å². The highest BCUT2D eigenvalue weighted by Gasteiger charge is 2.42. The molecule has 0 spiro atoms. The van der Waals surface area contributed by atoms with Crippen LogP contribution in [0.15, 0.2) is 30.3 Å². The first-order chi connectivity index (χ1) is 10.1. The molecule has 1 N–H and O–H groups in total. The smallest absolute Gasteiger partial charge is 0.307 e. The number of carboxylic acids is 1. The topological polar surface area (TPSA) is 57.6 Å². The number of carbonyl (C=O) groups is 2. The van der Waals surface area contributed by atoms with Crippen LogP contribution in [0.25, 0.3) is 0 Å². The second-order valence-corrected chi connectivity index (χ2v) is 5.83. The van der Waals surface area contributed by atoms with Gasteiger partial charge in [0.05, 0.1) is 11.8 Å². The lowest BCUT2D eigenvalue weighted by Crippen LogP contribution is -2.45. The first-order valence-corrected chi connectivity index (χ1v) is 7.61. The third-order valence-corrected chi connectivity index (χ3v) is 4.34. The largest absolute Gasteiger partial charge is 0.481 e. The predicted molar refractivity (Wildman–Crippen MR) is 80.9 cm³/mol. The fraction of sp³-hybridized carbons (Fsp3) is 0.529. The zero-order valence-corrected chi connectivity index (χ0v) is 12.5. The quantitative estimate of drug-likeness (QED) is 0.785. The summed E-state index contributed by atoms with van der Waals surface area (Å²) in [6.07, 6.45) is 4.35. The van der Waals surface area contributed by atoms with E-state index >= 15 is 0 Å². The van der Waals surface area contributed by atoms with Gasteiger partial charge in [0.2, 0.25) is 5.91 Å². The molecule has 1 aliphatic carbocycles. The Morgan fingerprint density at radius 2 is 1.81 bits per heavy atom. The van der Waals surface area contributed by atoms with Gasteiger partial charge in [-0.15, -0.1) is 0 Å². The van der Waals surface area contributed by atoms with Gasteiger partial charge in [0.1, 0.15) is 0 Å². The van der Waals surface area contributed by atoms with Gasteiger partial charge in [0, 0.05) is 13.6 Å². The average molecular weight is 289 g/mol. The number of unbranched alkanes of at least 4 members (excludes halogenated alkanes) is 1. The number of aliphatic carboxylic acids is 1. The molecule has 21 heavy (non-hydrogen) atoms. The van der Waals surface area contributed by atoms with Gasteiger partial charge in [-0.3, -0.25) is 9.59 Å². The monoisotopic (exact) mass is 289 g/mol. The van der Waals surface area contributed by atoms with Crippen LogP contribution in [0.4, 0.5) is 0 Å². The summed E-state index contributed by atoms with van der Waals surface area (Å²) >= 11 is 0. The van der Waals surface area contributed by atoms with Gasteiger partial charge in [-0.25, -0.2) is 0 Å². The zero-order chi connectivity index (χ0) is 15.2. The van der Waals surface area contributed by atoms with Gasteiger partial charge >= 0.3 is 5.97 Å². The number of hydrogen-bond donors (Lipinski definition) is 1. The number of hydrogen-bond acceptors (Lipinski definition) is 2. The molecule has 0 aliphatic heterocycles. The number of benzene rings is 1. The summed E-state index contributed by atoms with van der Waals surface area (Å²) in [5.74, 6) is -1.61. The van der Waals surface area contributed by atoms with E-state index in [0.717, 1.165) is 19.3 Å². The molecule has 1 fully saturated rings. The highest BCUT2D eigenvalue weighted by atomic mass is 16.4. The third-order valence-electron chi connectivity index (χ3n) is 4.34. The van der Waals surface area contributed by atoms with Crippen molar-refractivity contribution in [1.29, 1.82) is 0 Å². The minimum absolute atomic E-state index is 0.00615. The molecule has 0 aromatic heterocycles. The predicted octanol–water partition coefficient (Wildman–Crippen LogP) is 2.58. The Kier molecular flexibility index (Phi) is 5.37. The molecule has 0 bridgehead atoms. The lowest BCUT2D eigenvalue weighted by atomic mass is 9.73. The highest BCUT2D eigenvalue weighted by Crippen LogP contribution is 2.35. The Morgan fingerprint density at radius 1 is 1.14 bits per heavy atom. The van der Waals surface area contributed by atoms with E-state index in [1.165, 1.54) is 5.56 Å². The number of amides is 1. The summed E-state index contributed by atoms with van der Waals surface area (Å²) in [6.45, 7) is 0.703. The van der Waals surface area contributed by atoms with Crippen molar-refractivity contribution in [3.8, 4) is 0 Å². The second kappa shape index (κ2) is 7.25. The lowest BCUT2D eigenvalue weighted by molar-refractivity contribution is -0.156. The van der Waals surface area contributed by atoms with Gasteiger partial charge < -0.3 is 10.0 Å². The van der Waals surface area contributed by atoms with Gasteiger partial charge in [-0.2, -0.15) is 0 Å². The van der Waals surface area contributed by atoms with E-state index in [1.54, 1.807) is 11.9 Å². The highest BCUT2D eigenvalue weighted by molar-refractivity contribution is 5.86. The number of aryl methyl sites for hydroxylation is 1. The van der Waals surface area contributed by atoms with E-state index in [2.05, 4.69) is 12.1 Å². The lowest BCUT2D eigenvalue weighted by Gasteiger charge is -2.35. The van der Waals surface area contributed by atoms with Crippen molar-refractivity contribution in [3.63, 3.8) is 0 Å². The van der Waals surface area contributed by atoms with Crippen LogP contribution in [0.5, 0.6) is 0 Å². The van der Waals surface area contributed by atoms with E-state index in [4.69, 9.17) is 5.11 Å². The first-order valence-electron chi connectivity index (χ1n) is 7.61. The SMILES string of the molecule is CN(CCCCc1ccccc1)C(=O)C1CCC1C(=O)O. The van der Waals surface area contributed by atoms with E-state index < -0.39 is 11.9 Å². The Morgan fingerprint density at radius 3 is 2.38 bits per heavy atom. The zero-order valence-electron chi connectivity index (χ0n) is 12.5. The number of rotatable bonds is 7. The Balaban J connectivity index is 1.68. The number of carboxylic acid groups (broad SMARTS) is 1. The molecule has 0 heterocycles. The van der Waals surface area contributed by atoms with E-state index in [0.29, 0.717) is 19.4 Å². The summed E-state index contributed by atoms with van der Waals surface area (Å²) in [5, 5.41) is 9.00. The molecule has 2 rings (SSSR count). The molecule has 1 aliphatic rings. The van der Waals surface area contributed by atoms with Gasteiger partial charge in [-0.05, 0) is 37.7 Å².